The monoisotopic (exact) mass is 539 g/mol. The number of carbonyl (C=O) groups excluding carboxylic acids is 4. The van der Waals surface area contributed by atoms with E-state index in [-0.39, 0.29) is 55.3 Å². The molecule has 0 aliphatic rings. The largest absolute Gasteiger partial charge is 0.513 e. The topological polar surface area (TPSA) is 150 Å². The molecule has 0 heterocycles. The minimum absolute atomic E-state index is 0.0372. The molecular formula is C27H41NO10. The summed E-state index contributed by atoms with van der Waals surface area (Å²) >= 11 is 0. The Kier molecular flexibility index (Phi) is 13.0. The number of methoxy groups -OCH3 is 1. The van der Waals surface area contributed by atoms with Gasteiger partial charge in [-0.2, -0.15) is 0 Å². The molecule has 0 aliphatic heterocycles. The molecule has 0 saturated carbocycles. The van der Waals surface area contributed by atoms with Gasteiger partial charge in [-0.3, -0.25) is 9.59 Å². The van der Waals surface area contributed by atoms with Gasteiger partial charge < -0.3 is 34.2 Å². The minimum Gasteiger partial charge on any atom is -0.468 e. The average Bonchev–Trinajstić information content (AvgIpc) is 2.82. The summed E-state index contributed by atoms with van der Waals surface area (Å²) in [5.74, 6) is -1.57. The van der Waals surface area contributed by atoms with Crippen LogP contribution in [0.15, 0.2) is 18.2 Å². The van der Waals surface area contributed by atoms with Gasteiger partial charge in [0.15, 0.2) is 11.5 Å². The second-order valence-electron chi connectivity index (χ2n) is 10.3. The van der Waals surface area contributed by atoms with E-state index in [1.54, 1.807) is 26.8 Å². The molecule has 0 radical (unpaired) electrons. The molecule has 38 heavy (non-hydrogen) atoms. The maximum absolute atomic E-state index is 12.7. The second-order valence-corrected chi connectivity index (χ2v) is 10.3. The van der Waals surface area contributed by atoms with Crippen LogP contribution in [0.3, 0.4) is 0 Å². The van der Waals surface area contributed by atoms with Crippen molar-refractivity contribution in [1.82, 2.24) is 0 Å². The van der Waals surface area contributed by atoms with Crippen molar-refractivity contribution in [3.05, 3.63) is 23.8 Å². The number of esters is 2. The number of carbonyl (C=O) groups is 4. The molecule has 0 spiro atoms. The number of benzene rings is 1. The van der Waals surface area contributed by atoms with Gasteiger partial charge in [-0.25, -0.2) is 9.59 Å². The Bertz CT molecular complexity index is 959. The van der Waals surface area contributed by atoms with E-state index in [0.717, 1.165) is 0 Å². The van der Waals surface area contributed by atoms with Crippen molar-refractivity contribution in [2.45, 2.75) is 73.0 Å². The van der Waals surface area contributed by atoms with Gasteiger partial charge in [0, 0.05) is 12.8 Å². The van der Waals surface area contributed by atoms with Crippen molar-refractivity contribution in [3.63, 3.8) is 0 Å². The lowest BCUT2D eigenvalue weighted by Crippen LogP contribution is -2.53. The summed E-state index contributed by atoms with van der Waals surface area (Å²) in [7, 11) is 1.20. The smallest absolute Gasteiger partial charge is 0.468 e. The van der Waals surface area contributed by atoms with Gasteiger partial charge in [0.2, 0.25) is 0 Å². The molecule has 0 aliphatic carbocycles. The van der Waals surface area contributed by atoms with Crippen LogP contribution >= 0.6 is 0 Å². The highest BCUT2D eigenvalue weighted by Gasteiger charge is 2.38. The molecule has 2 atom stereocenters. The number of ether oxygens (including phenoxy) is 6. The third-order valence-corrected chi connectivity index (χ3v) is 5.02. The summed E-state index contributed by atoms with van der Waals surface area (Å²) in [5.41, 5.74) is 5.32. The maximum atomic E-state index is 12.7. The fourth-order valence-corrected chi connectivity index (χ4v) is 3.22. The van der Waals surface area contributed by atoms with Crippen LogP contribution < -0.4 is 15.2 Å². The number of hydrogen-bond acceptors (Lipinski definition) is 11. The third kappa shape index (κ3) is 11.4. The van der Waals surface area contributed by atoms with Crippen molar-refractivity contribution in [2.24, 2.45) is 23.5 Å². The summed E-state index contributed by atoms with van der Waals surface area (Å²) in [6, 6.07) is 4.33. The van der Waals surface area contributed by atoms with Crippen LogP contribution in [0.2, 0.25) is 0 Å². The Morgan fingerprint density at radius 1 is 0.842 bits per heavy atom. The fourth-order valence-electron chi connectivity index (χ4n) is 3.22. The van der Waals surface area contributed by atoms with Crippen LogP contribution in [0.4, 0.5) is 9.59 Å². The summed E-state index contributed by atoms with van der Waals surface area (Å²) in [6.07, 6.45) is -2.77. The number of rotatable bonds is 13. The highest BCUT2D eigenvalue weighted by atomic mass is 16.7. The van der Waals surface area contributed by atoms with Gasteiger partial charge >= 0.3 is 24.2 Å². The van der Waals surface area contributed by atoms with Crippen molar-refractivity contribution in [1.29, 1.82) is 0 Å². The first kappa shape index (κ1) is 32.7. The fraction of sp³-hybridized carbons (Fsp3) is 0.630. The second kappa shape index (κ2) is 15.2. The van der Waals surface area contributed by atoms with E-state index in [4.69, 9.17) is 34.2 Å². The maximum Gasteiger partial charge on any atom is 0.513 e. The predicted octanol–water partition coefficient (Wildman–Crippen LogP) is 4.42. The number of hydrogen-bond donors (Lipinski definition) is 1. The molecule has 2 N–H and O–H groups in total. The van der Waals surface area contributed by atoms with Crippen molar-refractivity contribution in [3.8, 4) is 11.5 Å². The normalized spacial score (nSPS) is 13.5. The van der Waals surface area contributed by atoms with Gasteiger partial charge in [-0.15, -0.1) is 0 Å². The summed E-state index contributed by atoms with van der Waals surface area (Å²) in [5, 5.41) is 0. The van der Waals surface area contributed by atoms with Crippen LogP contribution in [-0.4, -0.2) is 56.2 Å². The van der Waals surface area contributed by atoms with Crippen LogP contribution in [0.1, 0.15) is 60.5 Å². The van der Waals surface area contributed by atoms with Crippen LogP contribution in [0.5, 0.6) is 11.5 Å². The van der Waals surface area contributed by atoms with Gasteiger partial charge in [-0.05, 0) is 36.5 Å². The summed E-state index contributed by atoms with van der Waals surface area (Å²) in [4.78, 5) is 49.1. The van der Waals surface area contributed by atoms with E-state index in [1.165, 1.54) is 19.2 Å². The van der Waals surface area contributed by atoms with Crippen LogP contribution in [0.25, 0.3) is 0 Å². The van der Waals surface area contributed by atoms with Gasteiger partial charge in [-0.1, -0.05) is 47.6 Å². The first-order chi connectivity index (χ1) is 17.7. The lowest BCUT2D eigenvalue weighted by Gasteiger charge is -2.29. The van der Waals surface area contributed by atoms with E-state index < -0.39 is 35.9 Å². The first-order valence-electron chi connectivity index (χ1n) is 12.6. The minimum atomic E-state index is -1.58. The Balaban J connectivity index is 3.24. The lowest BCUT2D eigenvalue weighted by molar-refractivity contribution is -0.157. The Labute approximate surface area is 224 Å². The van der Waals surface area contributed by atoms with Crippen molar-refractivity contribution < 1.29 is 47.6 Å². The molecule has 1 unspecified atom stereocenters. The molecule has 11 nitrogen and oxygen atoms in total. The van der Waals surface area contributed by atoms with Crippen LogP contribution in [-0.2, 0) is 35.0 Å². The number of nitrogens with two attached hydrogens (primary N) is 1. The third-order valence-electron chi connectivity index (χ3n) is 5.02. The molecule has 0 bridgehead atoms. The molecule has 1 aromatic carbocycles. The standard InChI is InChI=1S/C27H41NO10/c1-16(2)14-34-25(31)37-21-10-9-20(11-22(21)38-26(32)35-15-17(3)4)13-27(28,24(30)33-8)12-19(7)36-23(29)18(5)6/h9-11,16-19H,12-15,28H2,1-8H3/t19-,27?/m0/s1. The Morgan fingerprint density at radius 2 is 1.37 bits per heavy atom. The molecule has 0 amide bonds. The zero-order valence-corrected chi connectivity index (χ0v) is 23.5. The van der Waals surface area contributed by atoms with E-state index in [1.807, 2.05) is 27.7 Å². The Hall–Kier alpha value is -3.34. The average molecular weight is 540 g/mol. The zero-order chi connectivity index (χ0) is 29.0. The van der Waals surface area contributed by atoms with Gasteiger partial charge in [0.25, 0.3) is 0 Å². The molecule has 0 saturated heterocycles. The van der Waals surface area contributed by atoms with E-state index in [0.29, 0.717) is 5.56 Å². The van der Waals surface area contributed by atoms with Crippen molar-refractivity contribution >= 4 is 24.2 Å². The SMILES string of the molecule is COC(=O)C(N)(Cc1ccc(OC(=O)OCC(C)C)c(OC(=O)OCC(C)C)c1)C[C@H](C)OC(=O)C(C)C. The van der Waals surface area contributed by atoms with E-state index in [2.05, 4.69) is 0 Å². The molecule has 1 aromatic rings. The quantitative estimate of drug-likeness (QED) is 0.215. The Morgan fingerprint density at radius 3 is 1.84 bits per heavy atom. The predicted molar refractivity (Wildman–Crippen MR) is 138 cm³/mol. The summed E-state index contributed by atoms with van der Waals surface area (Å²) < 4.78 is 30.9. The molecule has 1 rings (SSSR count). The highest BCUT2D eigenvalue weighted by Crippen LogP contribution is 2.32. The molecule has 11 heteroatoms. The summed E-state index contributed by atoms with van der Waals surface area (Å²) in [6.45, 7) is 12.7. The van der Waals surface area contributed by atoms with Gasteiger partial charge in [0.1, 0.15) is 11.6 Å². The first-order valence-corrected chi connectivity index (χ1v) is 12.6. The molecular weight excluding hydrogens is 498 g/mol. The lowest BCUT2D eigenvalue weighted by atomic mass is 9.86. The van der Waals surface area contributed by atoms with Crippen LogP contribution in [0, 0.1) is 17.8 Å². The molecule has 0 aromatic heterocycles. The molecule has 214 valence electrons. The molecule has 0 fully saturated rings. The zero-order valence-electron chi connectivity index (χ0n) is 23.5. The highest BCUT2D eigenvalue weighted by molar-refractivity contribution is 5.81. The van der Waals surface area contributed by atoms with Gasteiger partial charge in [0.05, 0.1) is 26.2 Å². The van der Waals surface area contributed by atoms with Crippen molar-refractivity contribution in [2.75, 3.05) is 20.3 Å². The van der Waals surface area contributed by atoms with E-state index >= 15 is 0 Å². The van der Waals surface area contributed by atoms with E-state index in [9.17, 15) is 19.2 Å².